The number of benzene rings is 1. The Morgan fingerprint density at radius 3 is 2.94 bits per heavy atom. The molecule has 0 saturated carbocycles. The Bertz CT molecular complexity index is 1300. The van der Waals surface area contributed by atoms with E-state index in [2.05, 4.69) is 32.4 Å². The molecule has 1 amide bonds. The number of rotatable bonds is 4. The van der Waals surface area contributed by atoms with E-state index in [0.29, 0.717) is 24.5 Å². The van der Waals surface area contributed by atoms with E-state index in [9.17, 15) is 4.79 Å². The van der Waals surface area contributed by atoms with Gasteiger partial charge in [-0.25, -0.2) is 9.67 Å². The monoisotopic (exact) mass is 414 g/mol. The number of fused-ring (bicyclic) bond motifs is 1. The zero-order valence-corrected chi connectivity index (χ0v) is 17.4. The van der Waals surface area contributed by atoms with Crippen LogP contribution < -0.4 is 4.74 Å². The number of pyridine rings is 1. The molecule has 31 heavy (non-hydrogen) atoms. The standard InChI is InChI=1S/C23H22N6O2/c1-15-21(26-27-29(15)17-5-3-6-18(13-17)31-2)23(30)28-11-8-16(9-12-28)20-14-25-22-19(20)7-4-10-24-22/h3-8,10,13-14H,9,11-12H2,1-2H3,(H,24,25). The number of nitrogens with zero attached hydrogens (tertiary/aromatic N) is 5. The van der Waals surface area contributed by atoms with E-state index >= 15 is 0 Å². The minimum atomic E-state index is -0.109. The van der Waals surface area contributed by atoms with Gasteiger partial charge in [0.2, 0.25) is 0 Å². The third-order valence-electron chi connectivity index (χ3n) is 5.69. The highest BCUT2D eigenvalue weighted by Gasteiger charge is 2.25. The minimum Gasteiger partial charge on any atom is -0.497 e. The molecule has 0 unspecified atom stereocenters. The van der Waals surface area contributed by atoms with Crippen molar-refractivity contribution in [1.29, 1.82) is 0 Å². The lowest BCUT2D eigenvalue weighted by atomic mass is 9.99. The number of amides is 1. The van der Waals surface area contributed by atoms with Crippen LogP contribution in [0.15, 0.2) is 54.9 Å². The summed E-state index contributed by atoms with van der Waals surface area (Å²) in [5.41, 5.74) is 5.13. The van der Waals surface area contributed by atoms with E-state index in [-0.39, 0.29) is 5.91 Å². The molecular formula is C23H22N6O2. The molecule has 4 heterocycles. The maximum Gasteiger partial charge on any atom is 0.276 e. The summed E-state index contributed by atoms with van der Waals surface area (Å²) in [5, 5.41) is 9.49. The lowest BCUT2D eigenvalue weighted by Crippen LogP contribution is -2.35. The lowest BCUT2D eigenvalue weighted by Gasteiger charge is -2.26. The number of H-pyrrole nitrogens is 1. The van der Waals surface area contributed by atoms with E-state index in [0.717, 1.165) is 34.5 Å². The molecule has 156 valence electrons. The summed E-state index contributed by atoms with van der Waals surface area (Å²) in [7, 11) is 1.62. The van der Waals surface area contributed by atoms with Crippen molar-refractivity contribution in [2.24, 2.45) is 0 Å². The number of hydrogen-bond donors (Lipinski definition) is 1. The Hall–Kier alpha value is -3.94. The normalized spacial score (nSPS) is 14.0. The number of carbonyl (C=O) groups excluding carboxylic acids is 1. The van der Waals surface area contributed by atoms with Crippen LogP contribution in [0.2, 0.25) is 0 Å². The molecule has 0 radical (unpaired) electrons. The van der Waals surface area contributed by atoms with Crippen molar-refractivity contribution >= 4 is 22.5 Å². The fourth-order valence-corrected chi connectivity index (χ4v) is 3.98. The van der Waals surface area contributed by atoms with Gasteiger partial charge in [0.05, 0.1) is 18.5 Å². The van der Waals surface area contributed by atoms with Crippen molar-refractivity contribution < 1.29 is 9.53 Å². The molecule has 1 aliphatic heterocycles. The van der Waals surface area contributed by atoms with Gasteiger partial charge in [0.1, 0.15) is 11.4 Å². The van der Waals surface area contributed by atoms with Crippen molar-refractivity contribution in [3.05, 3.63) is 71.8 Å². The molecule has 0 spiro atoms. The summed E-state index contributed by atoms with van der Waals surface area (Å²) in [6.07, 6.45) is 6.65. The van der Waals surface area contributed by atoms with Crippen molar-refractivity contribution in [2.45, 2.75) is 13.3 Å². The zero-order valence-electron chi connectivity index (χ0n) is 17.4. The van der Waals surface area contributed by atoms with Crippen LogP contribution in [-0.2, 0) is 0 Å². The molecule has 0 saturated heterocycles. The fourth-order valence-electron chi connectivity index (χ4n) is 3.98. The van der Waals surface area contributed by atoms with Crippen molar-refractivity contribution in [2.75, 3.05) is 20.2 Å². The minimum absolute atomic E-state index is 0.109. The second-order valence-electron chi connectivity index (χ2n) is 7.47. The van der Waals surface area contributed by atoms with E-state index in [1.807, 2.05) is 48.4 Å². The highest BCUT2D eigenvalue weighted by atomic mass is 16.5. The Balaban J connectivity index is 1.37. The maximum absolute atomic E-state index is 13.1. The summed E-state index contributed by atoms with van der Waals surface area (Å²) < 4.78 is 6.95. The average Bonchev–Trinajstić information content (AvgIpc) is 3.42. The first kappa shape index (κ1) is 19.0. The topological polar surface area (TPSA) is 88.9 Å². The average molecular weight is 414 g/mol. The van der Waals surface area contributed by atoms with Crippen LogP contribution in [0, 0.1) is 6.92 Å². The van der Waals surface area contributed by atoms with Crippen LogP contribution in [0.5, 0.6) is 5.75 Å². The molecule has 1 aromatic carbocycles. The number of ether oxygens (including phenoxy) is 1. The second-order valence-corrected chi connectivity index (χ2v) is 7.47. The van der Waals surface area contributed by atoms with E-state index in [1.165, 1.54) is 5.57 Å². The molecular weight excluding hydrogens is 392 g/mol. The summed E-state index contributed by atoms with van der Waals surface area (Å²) in [6.45, 7) is 3.02. The van der Waals surface area contributed by atoms with Crippen LogP contribution in [0.3, 0.4) is 0 Å². The number of carbonyl (C=O) groups is 1. The summed E-state index contributed by atoms with van der Waals surface area (Å²) in [5.74, 6) is 0.615. The predicted octanol–water partition coefficient (Wildman–Crippen LogP) is 3.39. The highest BCUT2D eigenvalue weighted by Crippen LogP contribution is 2.29. The number of hydrogen-bond acceptors (Lipinski definition) is 5. The van der Waals surface area contributed by atoms with Crippen LogP contribution >= 0.6 is 0 Å². The van der Waals surface area contributed by atoms with E-state index in [1.54, 1.807) is 18.0 Å². The molecule has 0 bridgehead atoms. The van der Waals surface area contributed by atoms with Gasteiger partial charge in [0, 0.05) is 42.5 Å². The van der Waals surface area contributed by atoms with Gasteiger partial charge in [-0.15, -0.1) is 5.10 Å². The van der Waals surface area contributed by atoms with Gasteiger partial charge >= 0.3 is 0 Å². The number of nitrogens with one attached hydrogen (secondary N) is 1. The molecule has 0 fully saturated rings. The van der Waals surface area contributed by atoms with Gasteiger partial charge in [0.25, 0.3) is 5.91 Å². The molecule has 3 aromatic heterocycles. The SMILES string of the molecule is COc1cccc(-n2nnc(C(=O)N3CC=C(c4c[nH]c5ncccc45)CC3)c2C)c1. The van der Waals surface area contributed by atoms with Gasteiger partial charge in [-0.2, -0.15) is 0 Å². The third-order valence-corrected chi connectivity index (χ3v) is 5.69. The Morgan fingerprint density at radius 2 is 2.13 bits per heavy atom. The van der Waals surface area contributed by atoms with E-state index in [4.69, 9.17) is 4.74 Å². The summed E-state index contributed by atoms with van der Waals surface area (Å²) in [6, 6.07) is 11.5. The first-order valence-corrected chi connectivity index (χ1v) is 10.1. The van der Waals surface area contributed by atoms with Gasteiger partial charge in [-0.1, -0.05) is 17.4 Å². The van der Waals surface area contributed by atoms with Crippen molar-refractivity contribution in [3.63, 3.8) is 0 Å². The summed E-state index contributed by atoms with van der Waals surface area (Å²) >= 11 is 0. The number of aromatic nitrogens is 5. The van der Waals surface area contributed by atoms with Gasteiger partial charge in [0.15, 0.2) is 5.69 Å². The fraction of sp³-hybridized carbons (Fsp3) is 0.217. The quantitative estimate of drug-likeness (QED) is 0.553. The highest BCUT2D eigenvalue weighted by molar-refractivity contribution is 5.95. The van der Waals surface area contributed by atoms with Gasteiger partial charge < -0.3 is 14.6 Å². The molecule has 8 heteroatoms. The second kappa shape index (κ2) is 7.71. The molecule has 0 aliphatic carbocycles. The first-order chi connectivity index (χ1) is 15.2. The molecule has 8 nitrogen and oxygen atoms in total. The van der Waals surface area contributed by atoms with Crippen molar-refractivity contribution in [3.8, 4) is 11.4 Å². The van der Waals surface area contributed by atoms with Crippen molar-refractivity contribution in [1.82, 2.24) is 29.9 Å². The van der Waals surface area contributed by atoms with Gasteiger partial charge in [-0.05, 0) is 43.2 Å². The molecule has 4 aromatic rings. The van der Waals surface area contributed by atoms with Crippen LogP contribution in [-0.4, -0.2) is 56.0 Å². The molecule has 1 aliphatic rings. The molecule has 0 atom stereocenters. The largest absolute Gasteiger partial charge is 0.497 e. The Morgan fingerprint density at radius 1 is 1.23 bits per heavy atom. The zero-order chi connectivity index (χ0) is 21.4. The lowest BCUT2D eigenvalue weighted by molar-refractivity contribution is 0.0766. The third kappa shape index (κ3) is 3.35. The first-order valence-electron chi connectivity index (χ1n) is 10.1. The smallest absolute Gasteiger partial charge is 0.276 e. The molecule has 5 rings (SSSR count). The number of aromatic amines is 1. The van der Waals surface area contributed by atoms with Crippen LogP contribution in [0.4, 0.5) is 0 Å². The van der Waals surface area contributed by atoms with Gasteiger partial charge in [-0.3, -0.25) is 4.79 Å². The Labute approximate surface area is 179 Å². The number of methoxy groups -OCH3 is 1. The Kier molecular flexibility index (Phi) is 4.74. The summed E-state index contributed by atoms with van der Waals surface area (Å²) in [4.78, 5) is 22.5. The van der Waals surface area contributed by atoms with E-state index < -0.39 is 0 Å². The maximum atomic E-state index is 13.1. The van der Waals surface area contributed by atoms with Crippen LogP contribution in [0.1, 0.15) is 28.2 Å². The predicted molar refractivity (Wildman–Crippen MR) is 117 cm³/mol. The molecule has 1 N–H and O–H groups in total. The van der Waals surface area contributed by atoms with Crippen LogP contribution in [0.25, 0.3) is 22.3 Å².